The molecule has 1 saturated heterocycles. The lowest BCUT2D eigenvalue weighted by Gasteiger charge is -2.28. The molecule has 1 aromatic heterocycles. The lowest BCUT2D eigenvalue weighted by atomic mass is 9.79. The van der Waals surface area contributed by atoms with Gasteiger partial charge in [0.1, 0.15) is 35.4 Å². The van der Waals surface area contributed by atoms with Gasteiger partial charge in [0.25, 0.3) is 5.24 Å². The number of phenols is 1. The van der Waals surface area contributed by atoms with Crippen LogP contribution in [0.4, 0.5) is 4.79 Å². The Morgan fingerprint density at radius 3 is 2.14 bits per heavy atom. The molecule has 4 aromatic rings. The summed E-state index contributed by atoms with van der Waals surface area (Å²) >= 11 is 0.696. The van der Waals surface area contributed by atoms with Crippen LogP contribution in [-0.4, -0.2) is 31.0 Å². The zero-order valence-corrected chi connectivity index (χ0v) is 25.8. The van der Waals surface area contributed by atoms with Gasteiger partial charge in [0.2, 0.25) is 5.91 Å². The maximum absolute atomic E-state index is 12.0. The number of thioether (sulfide) groups is 1. The van der Waals surface area contributed by atoms with Crippen LogP contribution < -0.4 is 14.8 Å². The largest absolute Gasteiger partial charge is 0.507 e. The molecule has 8 nitrogen and oxygen atoms in total. The van der Waals surface area contributed by atoms with E-state index < -0.39 is 16.4 Å². The monoisotopic (exact) mass is 588 g/mol. The van der Waals surface area contributed by atoms with Crippen LogP contribution in [0.25, 0.3) is 11.0 Å². The zero-order valence-electron chi connectivity index (χ0n) is 26.0. The van der Waals surface area contributed by atoms with Crippen LogP contribution in [-0.2, 0) is 35.7 Å². The number of aromatic hydroxyl groups is 1. The molecule has 2 heterocycles. The first-order valence-electron chi connectivity index (χ1n) is 14.3. The highest BCUT2D eigenvalue weighted by molar-refractivity contribution is 8.15. The Labute approximate surface area is 251 Å². The Hall–Kier alpha value is -3.98. The fraction of sp³-hybridized carbons (Fsp3) is 0.364. The van der Waals surface area contributed by atoms with Crippen molar-refractivity contribution in [2.45, 2.75) is 70.6 Å². The number of rotatable bonds is 7. The topological polar surface area (TPSA) is 103 Å². The van der Waals surface area contributed by atoms with Gasteiger partial charge in [-0.3, -0.25) is 14.9 Å². The molecule has 1 aliphatic heterocycles. The second-order valence-corrected chi connectivity index (χ2v) is 13.7. The molecule has 0 aliphatic carbocycles. The van der Waals surface area contributed by atoms with E-state index in [0.717, 1.165) is 33.5 Å². The number of imide groups is 1. The van der Waals surface area contributed by atoms with Crippen LogP contribution >= 0.6 is 11.8 Å². The summed E-state index contributed by atoms with van der Waals surface area (Å²) in [6.07, 6.45) is 0.115. The zero-order chi connectivity index (χ0) is 31.3. The number of nitrogens with one attached hydrogen (secondary N) is 1. The molecule has 3 aromatic carbocycles. The number of hydrogen-bond acceptors (Lipinski definition) is 7. The van der Waals surface area contributed by atoms with Gasteiger partial charge in [0.05, 0.1) is 17.6 Å². The minimum absolute atomic E-state index is 0.115. The third-order valence-corrected chi connectivity index (χ3v) is 8.08. The molecule has 0 saturated carbocycles. The molecule has 42 heavy (non-hydrogen) atoms. The van der Waals surface area contributed by atoms with Crippen molar-refractivity contribution in [2.24, 2.45) is 7.05 Å². The van der Waals surface area contributed by atoms with Crippen LogP contribution in [0.2, 0.25) is 0 Å². The van der Waals surface area contributed by atoms with Crippen molar-refractivity contribution >= 4 is 33.9 Å². The Morgan fingerprint density at radius 2 is 1.57 bits per heavy atom. The summed E-state index contributed by atoms with van der Waals surface area (Å²) in [5, 5.41) is 11.2. The van der Waals surface area contributed by atoms with Crippen molar-refractivity contribution in [2.75, 3.05) is 0 Å². The SMILES string of the molecule is [2H]C1(Cc2ccc(OCc3nc4ccc(Oc5cc(C(C)(C)C)c(O)c(C(C)(C)C)c5)cc4n3C)cc2)SC(=O)NC1=O. The summed E-state index contributed by atoms with van der Waals surface area (Å²) in [5.74, 6) is 2.39. The smallest absolute Gasteiger partial charge is 0.286 e. The van der Waals surface area contributed by atoms with Crippen LogP contribution in [0.3, 0.4) is 0 Å². The summed E-state index contributed by atoms with van der Waals surface area (Å²) in [6, 6.07) is 16.7. The molecule has 2 N–H and O–H groups in total. The Kier molecular flexibility index (Phi) is 7.39. The molecule has 1 atom stereocenters. The van der Waals surface area contributed by atoms with E-state index in [1.165, 1.54) is 0 Å². The summed E-state index contributed by atoms with van der Waals surface area (Å²) < 4.78 is 22.6. The van der Waals surface area contributed by atoms with Gasteiger partial charge >= 0.3 is 0 Å². The Balaban J connectivity index is 1.31. The number of carbonyl (C=O) groups is 2. The van der Waals surface area contributed by atoms with Gasteiger partial charge in [-0.05, 0) is 59.2 Å². The van der Waals surface area contributed by atoms with Crippen molar-refractivity contribution in [3.8, 4) is 23.0 Å². The van der Waals surface area contributed by atoms with Crippen molar-refractivity contribution < 1.29 is 25.5 Å². The van der Waals surface area contributed by atoms with Gasteiger partial charge in [0.15, 0.2) is 0 Å². The molecule has 1 fully saturated rings. The number of amides is 2. The third kappa shape index (κ3) is 6.26. The second kappa shape index (κ2) is 11.0. The first-order valence-corrected chi connectivity index (χ1v) is 14.6. The molecule has 9 heteroatoms. The average molecular weight is 589 g/mol. The predicted molar refractivity (Wildman–Crippen MR) is 166 cm³/mol. The maximum atomic E-state index is 12.0. The van der Waals surface area contributed by atoms with Gasteiger partial charge in [-0.2, -0.15) is 0 Å². The van der Waals surface area contributed by atoms with Crippen molar-refractivity contribution in [1.29, 1.82) is 0 Å². The van der Waals surface area contributed by atoms with Gasteiger partial charge in [0, 0.05) is 24.2 Å². The van der Waals surface area contributed by atoms with E-state index in [1.54, 1.807) is 24.3 Å². The number of hydrogen-bond donors (Lipinski definition) is 2. The van der Waals surface area contributed by atoms with Gasteiger partial charge in [-0.25, -0.2) is 4.98 Å². The highest BCUT2D eigenvalue weighted by atomic mass is 32.2. The maximum Gasteiger partial charge on any atom is 0.286 e. The van der Waals surface area contributed by atoms with E-state index in [2.05, 4.69) is 46.9 Å². The molecule has 2 amide bonds. The number of imidazole rings is 1. The second-order valence-electron chi connectivity index (χ2n) is 12.6. The van der Waals surface area contributed by atoms with Crippen molar-refractivity contribution in [1.82, 2.24) is 14.9 Å². The number of fused-ring (bicyclic) bond motifs is 1. The number of aryl methyl sites for hydroxylation is 1. The van der Waals surface area contributed by atoms with Crippen LogP contribution in [0.15, 0.2) is 54.6 Å². The molecule has 5 rings (SSSR count). The quantitative estimate of drug-likeness (QED) is 0.237. The number of nitrogens with zero attached hydrogens (tertiary/aromatic N) is 2. The first kappa shape index (κ1) is 28.2. The summed E-state index contributed by atoms with van der Waals surface area (Å²) in [5.41, 5.74) is 3.60. The molecular formula is C33H37N3O5S. The van der Waals surface area contributed by atoms with Gasteiger partial charge in [-0.15, -0.1) is 0 Å². The Morgan fingerprint density at radius 1 is 0.952 bits per heavy atom. The van der Waals surface area contributed by atoms with E-state index in [9.17, 15) is 14.7 Å². The molecule has 1 aliphatic rings. The number of phenolic OH excluding ortho intramolecular Hbond substituents is 1. The molecule has 0 radical (unpaired) electrons. The van der Waals surface area contributed by atoms with Gasteiger partial charge < -0.3 is 19.1 Å². The number of carbonyl (C=O) groups excluding carboxylic acids is 2. The minimum atomic E-state index is -1.55. The fourth-order valence-electron chi connectivity index (χ4n) is 4.86. The van der Waals surface area contributed by atoms with E-state index in [0.29, 0.717) is 34.8 Å². The normalized spacial score (nSPS) is 17.8. The third-order valence-electron chi connectivity index (χ3n) is 7.22. The molecular weight excluding hydrogens is 550 g/mol. The minimum Gasteiger partial charge on any atom is -0.507 e. The molecule has 0 spiro atoms. The standard InChI is InChI=1S/C33H37N3O5S/c1-32(2,3)23-15-22(16-24(29(23)37)33(4,5)6)41-21-12-13-25-26(17-21)36(7)28(34-25)18-40-20-10-8-19(9-11-20)14-27-30(38)35-31(39)42-27/h8-13,15-17,27,37H,14,18H2,1-7H3,(H,35,38,39)/i27D. The van der Waals surface area contributed by atoms with E-state index in [-0.39, 0.29) is 23.9 Å². The Bertz CT molecular complexity index is 1680. The number of benzene rings is 3. The highest BCUT2D eigenvalue weighted by Crippen LogP contribution is 2.42. The van der Waals surface area contributed by atoms with Crippen molar-refractivity contribution in [3.63, 3.8) is 0 Å². The lowest BCUT2D eigenvalue weighted by Crippen LogP contribution is -2.25. The fourth-order valence-corrected chi connectivity index (χ4v) is 5.61. The van der Waals surface area contributed by atoms with E-state index in [1.807, 2.05) is 41.9 Å². The van der Waals surface area contributed by atoms with Crippen LogP contribution in [0.5, 0.6) is 23.0 Å². The average Bonchev–Trinajstić information content (AvgIpc) is 3.36. The van der Waals surface area contributed by atoms with Crippen LogP contribution in [0.1, 0.15) is 65.4 Å². The summed E-state index contributed by atoms with van der Waals surface area (Å²) in [7, 11) is 1.93. The van der Waals surface area contributed by atoms with E-state index in [4.69, 9.17) is 15.8 Å². The predicted octanol–water partition coefficient (Wildman–Crippen LogP) is 7.14. The lowest BCUT2D eigenvalue weighted by molar-refractivity contribution is -0.118. The molecule has 1 unspecified atom stereocenters. The van der Waals surface area contributed by atoms with Gasteiger partial charge in [-0.1, -0.05) is 65.4 Å². The highest BCUT2D eigenvalue weighted by Gasteiger charge is 2.31. The first-order chi connectivity index (χ1) is 20.0. The van der Waals surface area contributed by atoms with Crippen LogP contribution in [0, 0.1) is 0 Å². The van der Waals surface area contributed by atoms with Crippen molar-refractivity contribution in [3.05, 3.63) is 77.1 Å². The molecule has 220 valence electrons. The molecule has 0 bridgehead atoms. The summed E-state index contributed by atoms with van der Waals surface area (Å²) in [6.45, 7) is 12.7. The number of aromatic nitrogens is 2. The summed E-state index contributed by atoms with van der Waals surface area (Å²) in [4.78, 5) is 28.2. The number of ether oxygens (including phenoxy) is 2. The van der Waals surface area contributed by atoms with E-state index >= 15 is 0 Å².